The van der Waals surface area contributed by atoms with Gasteiger partial charge in [-0.05, 0) is 45.4 Å². The fourth-order valence-corrected chi connectivity index (χ4v) is 1.92. The number of hydrogen-bond acceptors (Lipinski definition) is 3. The molecule has 0 aliphatic heterocycles. The Labute approximate surface area is 109 Å². The molecule has 0 bridgehead atoms. The van der Waals surface area contributed by atoms with E-state index in [2.05, 4.69) is 12.2 Å². The highest BCUT2D eigenvalue weighted by Crippen LogP contribution is 2.19. The number of rotatable bonds is 6. The van der Waals surface area contributed by atoms with Gasteiger partial charge in [-0.15, -0.1) is 0 Å². The average molecular weight is 250 g/mol. The van der Waals surface area contributed by atoms with Crippen LogP contribution in [0.1, 0.15) is 37.6 Å². The third kappa shape index (κ3) is 4.37. The molecule has 100 valence electrons. The summed E-state index contributed by atoms with van der Waals surface area (Å²) in [5, 5.41) is 3.34. The van der Waals surface area contributed by atoms with Crippen molar-refractivity contribution in [3.8, 4) is 0 Å². The number of hydrogen-bond donors (Lipinski definition) is 2. The van der Waals surface area contributed by atoms with E-state index in [1.165, 1.54) is 0 Å². The molecule has 0 heterocycles. The fraction of sp³-hybridized carbons (Fsp3) is 0.500. The topological polar surface area (TPSA) is 64.3 Å². The quantitative estimate of drug-likeness (QED) is 0.814. The molecule has 18 heavy (non-hydrogen) atoms. The summed E-state index contributed by atoms with van der Waals surface area (Å²) in [6.45, 7) is 6.17. The first-order valence-electron chi connectivity index (χ1n) is 6.05. The molecule has 3 N–H and O–H groups in total. The van der Waals surface area contributed by atoms with E-state index in [1.807, 2.05) is 26.0 Å². The van der Waals surface area contributed by atoms with Crippen LogP contribution in [0.25, 0.3) is 0 Å². The van der Waals surface area contributed by atoms with Gasteiger partial charge in [0.2, 0.25) is 5.91 Å². The standard InChI is InChI=1S/C14H22N2O2/c1-10(9-14(2,3)18-4)16-12-7-5-6-11(8-12)13(15)17/h5-8,10,16H,9H2,1-4H3,(H2,15,17). The summed E-state index contributed by atoms with van der Waals surface area (Å²) < 4.78 is 5.39. The van der Waals surface area contributed by atoms with E-state index in [-0.39, 0.29) is 11.6 Å². The van der Waals surface area contributed by atoms with Crippen LogP contribution in [0.3, 0.4) is 0 Å². The fourth-order valence-electron chi connectivity index (χ4n) is 1.92. The lowest BCUT2D eigenvalue weighted by Gasteiger charge is -2.27. The van der Waals surface area contributed by atoms with Gasteiger partial charge in [0.05, 0.1) is 5.60 Å². The lowest BCUT2D eigenvalue weighted by molar-refractivity contribution is 0.0128. The number of methoxy groups -OCH3 is 1. The molecule has 4 nitrogen and oxygen atoms in total. The van der Waals surface area contributed by atoms with Crippen molar-refractivity contribution in [3.63, 3.8) is 0 Å². The molecule has 0 fully saturated rings. The number of ether oxygens (including phenoxy) is 1. The Morgan fingerprint density at radius 1 is 1.50 bits per heavy atom. The predicted octanol–water partition coefficient (Wildman–Crippen LogP) is 2.40. The van der Waals surface area contributed by atoms with Crippen molar-refractivity contribution in [1.82, 2.24) is 0 Å². The first-order chi connectivity index (χ1) is 8.34. The van der Waals surface area contributed by atoms with Gasteiger partial charge in [-0.2, -0.15) is 0 Å². The van der Waals surface area contributed by atoms with Crippen molar-refractivity contribution < 1.29 is 9.53 Å². The summed E-state index contributed by atoms with van der Waals surface area (Å²) in [5.74, 6) is -0.413. The van der Waals surface area contributed by atoms with Crippen LogP contribution in [0, 0.1) is 0 Å². The first kappa shape index (κ1) is 14.5. The minimum absolute atomic E-state index is 0.173. The van der Waals surface area contributed by atoms with Gasteiger partial charge in [-0.1, -0.05) is 6.07 Å². The minimum atomic E-state index is -0.413. The SMILES string of the molecule is COC(C)(C)CC(C)Nc1cccc(C(N)=O)c1. The highest BCUT2D eigenvalue weighted by molar-refractivity contribution is 5.93. The second kappa shape index (κ2) is 5.87. The molecule has 1 amide bonds. The van der Waals surface area contributed by atoms with E-state index in [0.29, 0.717) is 5.56 Å². The molecule has 1 atom stereocenters. The lowest BCUT2D eigenvalue weighted by atomic mass is 9.99. The van der Waals surface area contributed by atoms with Gasteiger partial charge in [-0.25, -0.2) is 0 Å². The zero-order chi connectivity index (χ0) is 13.8. The third-order valence-electron chi connectivity index (χ3n) is 2.91. The molecule has 1 rings (SSSR count). The lowest BCUT2D eigenvalue weighted by Crippen LogP contribution is -2.31. The van der Waals surface area contributed by atoms with Crippen LogP contribution in [0.15, 0.2) is 24.3 Å². The maximum atomic E-state index is 11.1. The first-order valence-corrected chi connectivity index (χ1v) is 6.05. The largest absolute Gasteiger partial charge is 0.382 e. The molecule has 0 aliphatic carbocycles. The van der Waals surface area contributed by atoms with Crippen LogP contribution in [0.5, 0.6) is 0 Å². The van der Waals surface area contributed by atoms with E-state index >= 15 is 0 Å². The molecular formula is C14H22N2O2. The van der Waals surface area contributed by atoms with Crippen LogP contribution in [-0.2, 0) is 4.74 Å². The molecule has 1 unspecified atom stereocenters. The van der Waals surface area contributed by atoms with Crippen LogP contribution in [0.2, 0.25) is 0 Å². The van der Waals surface area contributed by atoms with Crippen LogP contribution in [-0.4, -0.2) is 24.7 Å². The normalized spacial score (nSPS) is 13.1. The number of anilines is 1. The number of primary amides is 1. The summed E-state index contributed by atoms with van der Waals surface area (Å²) in [4.78, 5) is 11.1. The molecule has 1 aromatic rings. The molecular weight excluding hydrogens is 228 g/mol. The number of nitrogens with two attached hydrogens (primary N) is 1. The Morgan fingerprint density at radius 2 is 2.17 bits per heavy atom. The van der Waals surface area contributed by atoms with Gasteiger partial charge >= 0.3 is 0 Å². The number of carbonyl (C=O) groups excluding carboxylic acids is 1. The Kier molecular flexibility index (Phi) is 4.73. The maximum absolute atomic E-state index is 11.1. The number of benzene rings is 1. The monoisotopic (exact) mass is 250 g/mol. The molecule has 0 saturated heterocycles. The summed E-state index contributed by atoms with van der Waals surface area (Å²) in [7, 11) is 1.71. The molecule has 0 saturated carbocycles. The van der Waals surface area contributed by atoms with E-state index in [0.717, 1.165) is 12.1 Å². The molecule has 1 aromatic carbocycles. The van der Waals surface area contributed by atoms with Gasteiger partial charge < -0.3 is 15.8 Å². The third-order valence-corrected chi connectivity index (χ3v) is 2.91. The molecule has 0 aromatic heterocycles. The van der Waals surface area contributed by atoms with Crippen molar-refractivity contribution >= 4 is 11.6 Å². The average Bonchev–Trinajstić information content (AvgIpc) is 2.28. The summed E-state index contributed by atoms with van der Waals surface area (Å²) >= 11 is 0. The van der Waals surface area contributed by atoms with E-state index in [9.17, 15) is 4.79 Å². The van der Waals surface area contributed by atoms with Gasteiger partial charge in [-0.3, -0.25) is 4.79 Å². The highest BCUT2D eigenvalue weighted by atomic mass is 16.5. The van der Waals surface area contributed by atoms with Gasteiger partial charge in [0, 0.05) is 24.4 Å². The Hall–Kier alpha value is -1.55. The predicted molar refractivity (Wildman–Crippen MR) is 73.7 cm³/mol. The molecule has 0 spiro atoms. The maximum Gasteiger partial charge on any atom is 0.248 e. The Morgan fingerprint density at radius 3 is 2.72 bits per heavy atom. The zero-order valence-electron chi connectivity index (χ0n) is 11.5. The van der Waals surface area contributed by atoms with Crippen molar-refractivity contribution in [2.45, 2.75) is 38.8 Å². The van der Waals surface area contributed by atoms with Gasteiger partial charge in [0.1, 0.15) is 0 Å². The van der Waals surface area contributed by atoms with Gasteiger partial charge in [0.25, 0.3) is 0 Å². The van der Waals surface area contributed by atoms with Crippen LogP contribution < -0.4 is 11.1 Å². The Bertz CT molecular complexity index is 416. The van der Waals surface area contributed by atoms with E-state index < -0.39 is 5.91 Å². The van der Waals surface area contributed by atoms with Crippen molar-refractivity contribution in [1.29, 1.82) is 0 Å². The molecule has 4 heteroatoms. The number of amides is 1. The summed E-state index contributed by atoms with van der Waals surface area (Å²) in [6, 6.07) is 7.44. The highest BCUT2D eigenvalue weighted by Gasteiger charge is 2.20. The zero-order valence-corrected chi connectivity index (χ0v) is 11.5. The number of carbonyl (C=O) groups is 1. The number of nitrogens with one attached hydrogen (secondary N) is 1. The smallest absolute Gasteiger partial charge is 0.248 e. The summed E-state index contributed by atoms with van der Waals surface area (Å²) in [6.07, 6.45) is 0.865. The van der Waals surface area contributed by atoms with Crippen LogP contribution >= 0.6 is 0 Å². The van der Waals surface area contributed by atoms with Crippen molar-refractivity contribution in [2.75, 3.05) is 12.4 Å². The van der Waals surface area contributed by atoms with E-state index in [4.69, 9.17) is 10.5 Å². The van der Waals surface area contributed by atoms with Gasteiger partial charge in [0.15, 0.2) is 0 Å². The van der Waals surface area contributed by atoms with E-state index in [1.54, 1.807) is 19.2 Å². The summed E-state index contributed by atoms with van der Waals surface area (Å²) in [5.41, 5.74) is 6.48. The molecule has 0 aliphatic rings. The van der Waals surface area contributed by atoms with Crippen molar-refractivity contribution in [2.24, 2.45) is 5.73 Å². The van der Waals surface area contributed by atoms with Crippen molar-refractivity contribution in [3.05, 3.63) is 29.8 Å². The second-order valence-electron chi connectivity index (χ2n) is 5.16. The minimum Gasteiger partial charge on any atom is -0.382 e. The second-order valence-corrected chi connectivity index (χ2v) is 5.16. The molecule has 0 radical (unpaired) electrons. The Balaban J connectivity index is 2.67. The van der Waals surface area contributed by atoms with Crippen LogP contribution in [0.4, 0.5) is 5.69 Å².